The number of amides is 1. The minimum absolute atomic E-state index is 0.0786. The zero-order valence-electron chi connectivity index (χ0n) is 15.9. The highest BCUT2D eigenvalue weighted by atomic mass is 16.1. The van der Waals surface area contributed by atoms with Crippen LogP contribution in [-0.4, -0.2) is 13.0 Å². The quantitative estimate of drug-likeness (QED) is 0.430. The van der Waals surface area contributed by atoms with Crippen molar-refractivity contribution in [3.8, 4) is 0 Å². The van der Waals surface area contributed by atoms with E-state index in [1.165, 1.54) is 22.3 Å². The van der Waals surface area contributed by atoms with Crippen LogP contribution in [0, 0.1) is 6.92 Å². The highest BCUT2D eigenvalue weighted by Gasteiger charge is 2.32. The largest absolute Gasteiger partial charge is 0.359 e. The molecule has 0 aromatic heterocycles. The Hall–Kier alpha value is -2.87. The summed E-state index contributed by atoms with van der Waals surface area (Å²) in [6.07, 6.45) is 3.56. The number of carbonyl (C=O) groups is 1. The Bertz CT molecular complexity index is 801. The molecule has 3 aromatic rings. The Morgan fingerprint density at radius 3 is 1.93 bits per heavy atom. The van der Waals surface area contributed by atoms with Crippen molar-refractivity contribution in [2.45, 2.75) is 31.6 Å². The smallest absolute Gasteiger partial charge is 0.207 e. The van der Waals surface area contributed by atoms with E-state index in [1.807, 2.05) is 0 Å². The lowest BCUT2D eigenvalue weighted by molar-refractivity contribution is -0.109. The Morgan fingerprint density at radius 1 is 0.815 bits per heavy atom. The van der Waals surface area contributed by atoms with Crippen LogP contribution in [0.2, 0.25) is 0 Å². The van der Waals surface area contributed by atoms with E-state index in [2.05, 4.69) is 97.2 Å². The normalized spacial score (nSPS) is 11.1. The highest BCUT2D eigenvalue weighted by Crippen LogP contribution is 2.36. The van der Waals surface area contributed by atoms with Crippen LogP contribution in [0.3, 0.4) is 0 Å². The molecular formula is C25H27NO. The van der Waals surface area contributed by atoms with Gasteiger partial charge in [-0.1, -0.05) is 90.5 Å². The molecule has 0 aliphatic heterocycles. The van der Waals surface area contributed by atoms with Gasteiger partial charge in [0.2, 0.25) is 6.41 Å². The number of benzene rings is 3. The van der Waals surface area contributed by atoms with E-state index in [0.29, 0.717) is 6.54 Å². The van der Waals surface area contributed by atoms with Gasteiger partial charge in [0.05, 0.1) is 0 Å². The van der Waals surface area contributed by atoms with Crippen molar-refractivity contribution in [2.24, 2.45) is 0 Å². The van der Waals surface area contributed by atoms with Crippen LogP contribution in [0.25, 0.3) is 0 Å². The predicted octanol–water partition coefficient (Wildman–Crippen LogP) is 4.85. The summed E-state index contributed by atoms with van der Waals surface area (Å²) in [5.74, 6) is 0. The van der Waals surface area contributed by atoms with Crippen molar-refractivity contribution < 1.29 is 4.79 Å². The van der Waals surface area contributed by atoms with Crippen LogP contribution in [0.1, 0.15) is 28.7 Å². The molecule has 0 bridgehead atoms. The van der Waals surface area contributed by atoms with Crippen LogP contribution < -0.4 is 5.32 Å². The van der Waals surface area contributed by atoms with Crippen molar-refractivity contribution in [2.75, 3.05) is 6.54 Å². The van der Waals surface area contributed by atoms with Crippen LogP contribution in [0.4, 0.5) is 0 Å². The molecule has 0 heterocycles. The van der Waals surface area contributed by atoms with Crippen molar-refractivity contribution in [3.05, 3.63) is 107 Å². The van der Waals surface area contributed by atoms with E-state index in [4.69, 9.17) is 0 Å². The second-order valence-electron chi connectivity index (χ2n) is 7.30. The Labute approximate surface area is 162 Å². The maximum Gasteiger partial charge on any atom is 0.207 e. The Balaban J connectivity index is 2.05. The summed E-state index contributed by atoms with van der Waals surface area (Å²) in [5.41, 5.74) is 5.16. The third-order valence-corrected chi connectivity index (χ3v) is 5.23. The van der Waals surface area contributed by atoms with Gasteiger partial charge < -0.3 is 5.32 Å². The van der Waals surface area contributed by atoms with Gasteiger partial charge in [0.25, 0.3) is 0 Å². The van der Waals surface area contributed by atoms with E-state index in [9.17, 15) is 4.79 Å². The lowest BCUT2D eigenvalue weighted by Crippen LogP contribution is -2.35. The molecule has 0 saturated heterocycles. The number of hydrogen-bond acceptors (Lipinski definition) is 1. The van der Waals surface area contributed by atoms with Crippen LogP contribution in [0.5, 0.6) is 0 Å². The maximum atomic E-state index is 10.9. The maximum absolute atomic E-state index is 10.9. The summed E-state index contributed by atoms with van der Waals surface area (Å²) in [6, 6.07) is 30.1. The molecule has 0 saturated carbocycles. The molecule has 0 aliphatic rings. The number of hydrogen-bond donors (Lipinski definition) is 1. The lowest BCUT2D eigenvalue weighted by Gasteiger charge is -2.35. The fourth-order valence-electron chi connectivity index (χ4n) is 3.91. The first kappa shape index (κ1) is 18.9. The van der Waals surface area contributed by atoms with Crippen molar-refractivity contribution in [1.29, 1.82) is 0 Å². The summed E-state index contributed by atoms with van der Waals surface area (Å²) in [4.78, 5) is 10.9. The molecule has 0 atom stereocenters. The highest BCUT2D eigenvalue weighted by molar-refractivity contribution is 5.46. The first-order valence-electron chi connectivity index (χ1n) is 9.54. The second kappa shape index (κ2) is 9.18. The standard InChI is InChI=1S/C25H27NO/c1-21-9-8-14-24(17-21)25(15-16-26-20-27,18-22-10-4-2-5-11-22)19-23-12-6-3-7-13-23/h2-14,17,20H,15-16,18-19H2,1H3,(H,26,27). The fourth-order valence-corrected chi connectivity index (χ4v) is 3.91. The zero-order chi connectivity index (χ0) is 19.0. The summed E-state index contributed by atoms with van der Waals surface area (Å²) in [7, 11) is 0. The molecule has 138 valence electrons. The van der Waals surface area contributed by atoms with Gasteiger partial charge in [-0.3, -0.25) is 4.79 Å². The van der Waals surface area contributed by atoms with Gasteiger partial charge >= 0.3 is 0 Å². The van der Waals surface area contributed by atoms with E-state index >= 15 is 0 Å². The zero-order valence-corrected chi connectivity index (χ0v) is 15.9. The SMILES string of the molecule is Cc1cccc(C(CCNC=O)(Cc2ccccc2)Cc2ccccc2)c1. The van der Waals surface area contributed by atoms with Crippen LogP contribution >= 0.6 is 0 Å². The van der Waals surface area contributed by atoms with Gasteiger partial charge in [-0.15, -0.1) is 0 Å². The summed E-state index contributed by atoms with van der Waals surface area (Å²) in [5, 5.41) is 2.88. The summed E-state index contributed by atoms with van der Waals surface area (Å²) in [6.45, 7) is 2.81. The van der Waals surface area contributed by atoms with Gasteiger partial charge in [0.15, 0.2) is 0 Å². The number of aryl methyl sites for hydroxylation is 1. The lowest BCUT2D eigenvalue weighted by atomic mass is 9.69. The first-order valence-corrected chi connectivity index (χ1v) is 9.54. The molecular weight excluding hydrogens is 330 g/mol. The number of carbonyl (C=O) groups excluding carboxylic acids is 1. The molecule has 2 heteroatoms. The first-order chi connectivity index (χ1) is 13.2. The molecule has 27 heavy (non-hydrogen) atoms. The molecule has 0 spiro atoms. The molecule has 3 aromatic carbocycles. The molecule has 0 fully saturated rings. The second-order valence-corrected chi connectivity index (χ2v) is 7.30. The molecule has 2 nitrogen and oxygen atoms in total. The summed E-state index contributed by atoms with van der Waals surface area (Å²) < 4.78 is 0. The number of nitrogens with one attached hydrogen (secondary N) is 1. The summed E-state index contributed by atoms with van der Waals surface area (Å²) >= 11 is 0. The molecule has 1 N–H and O–H groups in total. The predicted molar refractivity (Wildman–Crippen MR) is 112 cm³/mol. The average Bonchev–Trinajstić information content (AvgIpc) is 2.70. The molecule has 0 radical (unpaired) electrons. The van der Waals surface area contributed by atoms with Gasteiger partial charge in [-0.25, -0.2) is 0 Å². The molecule has 0 unspecified atom stereocenters. The van der Waals surface area contributed by atoms with Crippen molar-refractivity contribution in [1.82, 2.24) is 5.32 Å². The van der Waals surface area contributed by atoms with E-state index in [0.717, 1.165) is 25.7 Å². The van der Waals surface area contributed by atoms with Gasteiger partial charge in [0.1, 0.15) is 0 Å². The van der Waals surface area contributed by atoms with Crippen molar-refractivity contribution >= 4 is 6.41 Å². The van der Waals surface area contributed by atoms with Crippen molar-refractivity contribution in [3.63, 3.8) is 0 Å². The topological polar surface area (TPSA) is 29.1 Å². The molecule has 1 amide bonds. The Morgan fingerprint density at radius 2 is 1.41 bits per heavy atom. The number of rotatable bonds is 9. The fraction of sp³-hybridized carbons (Fsp3) is 0.240. The van der Waals surface area contributed by atoms with E-state index in [-0.39, 0.29) is 5.41 Å². The van der Waals surface area contributed by atoms with Gasteiger partial charge in [-0.2, -0.15) is 0 Å². The van der Waals surface area contributed by atoms with Crippen LogP contribution in [0.15, 0.2) is 84.9 Å². The molecule has 3 rings (SSSR count). The molecule has 0 aliphatic carbocycles. The minimum atomic E-state index is -0.0786. The third kappa shape index (κ3) is 5.07. The van der Waals surface area contributed by atoms with Gasteiger partial charge in [-0.05, 0) is 42.9 Å². The van der Waals surface area contributed by atoms with Crippen LogP contribution in [-0.2, 0) is 23.1 Å². The van der Waals surface area contributed by atoms with E-state index in [1.54, 1.807) is 0 Å². The Kier molecular flexibility index (Phi) is 6.43. The average molecular weight is 357 g/mol. The third-order valence-electron chi connectivity index (χ3n) is 5.23. The monoisotopic (exact) mass is 357 g/mol. The van der Waals surface area contributed by atoms with Gasteiger partial charge in [0, 0.05) is 12.0 Å². The minimum Gasteiger partial charge on any atom is -0.359 e. The van der Waals surface area contributed by atoms with E-state index < -0.39 is 0 Å².